The molecule has 1 aromatic heterocycles. The third kappa shape index (κ3) is 4.05. The number of anilines is 1. The number of benzene rings is 2. The van der Waals surface area contributed by atoms with Gasteiger partial charge >= 0.3 is 0 Å². The normalized spacial score (nSPS) is 10.9. The molecule has 2 aromatic carbocycles. The van der Waals surface area contributed by atoms with Crippen molar-refractivity contribution in [2.45, 2.75) is 39.7 Å². The van der Waals surface area contributed by atoms with Crippen LogP contribution in [0.25, 0.3) is 10.8 Å². The fourth-order valence-corrected chi connectivity index (χ4v) is 3.01. The lowest BCUT2D eigenvalue weighted by molar-refractivity contribution is 0.102. The van der Waals surface area contributed by atoms with Crippen LogP contribution in [0, 0.1) is 12.7 Å². The van der Waals surface area contributed by atoms with E-state index in [0.29, 0.717) is 28.6 Å². The van der Waals surface area contributed by atoms with E-state index in [1.807, 2.05) is 0 Å². The molecule has 27 heavy (non-hydrogen) atoms. The molecule has 1 amide bonds. The van der Waals surface area contributed by atoms with Crippen LogP contribution in [0.5, 0.6) is 0 Å². The maximum absolute atomic E-state index is 13.3. The second-order valence-electron chi connectivity index (χ2n) is 6.54. The molecule has 140 valence electrons. The zero-order chi connectivity index (χ0) is 19.4. The van der Waals surface area contributed by atoms with E-state index in [-0.39, 0.29) is 17.1 Å². The van der Waals surface area contributed by atoms with Crippen molar-refractivity contribution < 1.29 is 9.18 Å². The van der Waals surface area contributed by atoms with Crippen LogP contribution in [-0.4, -0.2) is 15.7 Å². The van der Waals surface area contributed by atoms with Gasteiger partial charge in [-0.2, -0.15) is 5.10 Å². The molecule has 5 nitrogen and oxygen atoms in total. The van der Waals surface area contributed by atoms with E-state index in [1.165, 1.54) is 22.9 Å². The highest BCUT2D eigenvalue weighted by Gasteiger charge is 2.17. The fraction of sp³-hybridized carbons (Fsp3) is 0.286. The fourth-order valence-electron chi connectivity index (χ4n) is 3.01. The van der Waals surface area contributed by atoms with E-state index in [0.717, 1.165) is 19.3 Å². The van der Waals surface area contributed by atoms with Crippen LogP contribution in [0.2, 0.25) is 0 Å². The average molecular weight is 367 g/mol. The van der Waals surface area contributed by atoms with E-state index in [1.54, 1.807) is 31.2 Å². The van der Waals surface area contributed by atoms with E-state index < -0.39 is 5.91 Å². The molecular weight excluding hydrogens is 345 g/mol. The molecule has 0 aliphatic heterocycles. The summed E-state index contributed by atoms with van der Waals surface area (Å²) in [6, 6.07) is 11.1. The summed E-state index contributed by atoms with van der Waals surface area (Å²) >= 11 is 0. The molecule has 0 fully saturated rings. The maximum Gasteiger partial charge on any atom is 0.276 e. The van der Waals surface area contributed by atoms with Gasteiger partial charge in [-0.3, -0.25) is 9.59 Å². The number of halogens is 1. The zero-order valence-electron chi connectivity index (χ0n) is 15.5. The summed E-state index contributed by atoms with van der Waals surface area (Å²) in [5.41, 5.74) is 1.11. The number of aromatic nitrogens is 2. The second kappa shape index (κ2) is 8.12. The van der Waals surface area contributed by atoms with Crippen LogP contribution in [0.4, 0.5) is 10.1 Å². The summed E-state index contributed by atoms with van der Waals surface area (Å²) in [6.07, 6.45) is 2.83. The Kier molecular flexibility index (Phi) is 5.64. The van der Waals surface area contributed by atoms with Gasteiger partial charge in [0, 0.05) is 17.6 Å². The largest absolute Gasteiger partial charge is 0.320 e. The Hall–Kier alpha value is -3.02. The second-order valence-corrected chi connectivity index (χ2v) is 6.54. The van der Waals surface area contributed by atoms with E-state index in [9.17, 15) is 14.0 Å². The summed E-state index contributed by atoms with van der Waals surface area (Å²) < 4.78 is 14.7. The van der Waals surface area contributed by atoms with Gasteiger partial charge in [0.1, 0.15) is 5.82 Å². The molecule has 0 saturated carbocycles. The Morgan fingerprint density at radius 1 is 1.15 bits per heavy atom. The monoisotopic (exact) mass is 367 g/mol. The van der Waals surface area contributed by atoms with Crippen LogP contribution >= 0.6 is 0 Å². The molecule has 0 spiro atoms. The van der Waals surface area contributed by atoms with Crippen LogP contribution in [0.1, 0.15) is 42.2 Å². The highest BCUT2D eigenvalue weighted by molar-refractivity contribution is 6.11. The number of unbranched alkanes of at least 4 members (excludes halogenated alkanes) is 2. The Morgan fingerprint density at radius 3 is 2.59 bits per heavy atom. The summed E-state index contributed by atoms with van der Waals surface area (Å²) in [4.78, 5) is 25.6. The van der Waals surface area contributed by atoms with E-state index >= 15 is 0 Å². The van der Waals surface area contributed by atoms with Crippen molar-refractivity contribution in [3.63, 3.8) is 0 Å². The topological polar surface area (TPSA) is 64.0 Å². The Bertz CT molecular complexity index is 1040. The van der Waals surface area contributed by atoms with Crippen LogP contribution in [0.3, 0.4) is 0 Å². The summed E-state index contributed by atoms with van der Waals surface area (Å²) in [5, 5.41) is 8.08. The number of fused-ring (bicyclic) bond motifs is 1. The quantitative estimate of drug-likeness (QED) is 0.661. The lowest BCUT2D eigenvalue weighted by atomic mass is 10.1. The number of carbonyl (C=O) groups excluding carboxylic acids is 1. The molecule has 0 saturated heterocycles. The number of carbonyl (C=O) groups is 1. The van der Waals surface area contributed by atoms with Gasteiger partial charge in [-0.05, 0) is 43.2 Å². The highest BCUT2D eigenvalue weighted by Crippen LogP contribution is 2.19. The molecule has 6 heteroatoms. The first kappa shape index (κ1) is 18.8. The molecule has 0 aliphatic carbocycles. The molecule has 3 aromatic rings. The lowest BCUT2D eigenvalue weighted by Crippen LogP contribution is -2.28. The van der Waals surface area contributed by atoms with Crippen molar-refractivity contribution in [2.75, 3.05) is 5.32 Å². The van der Waals surface area contributed by atoms with Gasteiger partial charge < -0.3 is 5.32 Å². The van der Waals surface area contributed by atoms with Crippen LogP contribution in [0.15, 0.2) is 47.3 Å². The standard InChI is InChI=1S/C21H22FN3O2/c1-3-4-7-12-25-21(27)17-9-6-5-8-16(17)19(24-25)20(26)23-18-11-10-15(22)13-14(18)2/h5-6,8-11,13H,3-4,7,12H2,1-2H3,(H,23,26). The first-order chi connectivity index (χ1) is 13.0. The third-order valence-corrected chi connectivity index (χ3v) is 4.49. The molecule has 0 radical (unpaired) electrons. The molecule has 1 heterocycles. The van der Waals surface area contributed by atoms with Crippen molar-refractivity contribution >= 4 is 22.4 Å². The Balaban J connectivity index is 2.02. The van der Waals surface area contributed by atoms with E-state index in [2.05, 4.69) is 17.3 Å². The average Bonchev–Trinajstić information content (AvgIpc) is 2.66. The van der Waals surface area contributed by atoms with Crippen molar-refractivity contribution in [3.05, 3.63) is 69.9 Å². The van der Waals surface area contributed by atoms with Gasteiger partial charge in [0.15, 0.2) is 5.69 Å². The number of hydrogen-bond acceptors (Lipinski definition) is 3. The number of rotatable bonds is 6. The first-order valence-corrected chi connectivity index (χ1v) is 9.08. The van der Waals surface area contributed by atoms with Crippen molar-refractivity contribution in [3.8, 4) is 0 Å². The molecule has 3 rings (SSSR count). The lowest BCUT2D eigenvalue weighted by Gasteiger charge is -2.12. The number of nitrogens with zero attached hydrogens (tertiary/aromatic N) is 2. The van der Waals surface area contributed by atoms with Crippen molar-refractivity contribution in [1.82, 2.24) is 9.78 Å². The summed E-state index contributed by atoms with van der Waals surface area (Å²) in [5.74, 6) is -0.788. The van der Waals surface area contributed by atoms with Crippen LogP contribution < -0.4 is 10.9 Å². The van der Waals surface area contributed by atoms with Gasteiger partial charge in [0.05, 0.1) is 5.39 Å². The molecule has 0 atom stereocenters. The van der Waals surface area contributed by atoms with Gasteiger partial charge in [-0.15, -0.1) is 0 Å². The van der Waals surface area contributed by atoms with Gasteiger partial charge in [0.2, 0.25) is 0 Å². The van der Waals surface area contributed by atoms with E-state index in [4.69, 9.17) is 0 Å². The number of amides is 1. The highest BCUT2D eigenvalue weighted by atomic mass is 19.1. The first-order valence-electron chi connectivity index (χ1n) is 9.08. The smallest absolute Gasteiger partial charge is 0.276 e. The van der Waals surface area contributed by atoms with Gasteiger partial charge in [-0.25, -0.2) is 9.07 Å². The van der Waals surface area contributed by atoms with Crippen LogP contribution in [-0.2, 0) is 6.54 Å². The predicted octanol–water partition coefficient (Wildman–Crippen LogP) is 4.29. The minimum Gasteiger partial charge on any atom is -0.320 e. The molecule has 0 aliphatic rings. The number of hydrogen-bond donors (Lipinski definition) is 1. The van der Waals surface area contributed by atoms with Crippen molar-refractivity contribution in [2.24, 2.45) is 0 Å². The number of nitrogens with one attached hydrogen (secondary N) is 1. The van der Waals surface area contributed by atoms with Gasteiger partial charge in [0.25, 0.3) is 11.5 Å². The summed E-state index contributed by atoms with van der Waals surface area (Å²) in [6.45, 7) is 4.27. The number of aryl methyl sites for hydroxylation is 2. The van der Waals surface area contributed by atoms with Gasteiger partial charge in [-0.1, -0.05) is 38.0 Å². The minimum atomic E-state index is -0.426. The third-order valence-electron chi connectivity index (χ3n) is 4.49. The molecule has 0 bridgehead atoms. The Labute approximate surface area is 156 Å². The molecular formula is C21H22FN3O2. The Morgan fingerprint density at radius 2 is 1.89 bits per heavy atom. The SMILES string of the molecule is CCCCCn1nc(C(=O)Nc2ccc(F)cc2C)c2ccccc2c1=O. The minimum absolute atomic E-state index is 0.186. The zero-order valence-corrected chi connectivity index (χ0v) is 15.5. The molecule has 1 N–H and O–H groups in total. The van der Waals surface area contributed by atoms with Crippen molar-refractivity contribution in [1.29, 1.82) is 0 Å². The molecule has 0 unspecified atom stereocenters. The maximum atomic E-state index is 13.3. The predicted molar refractivity (Wildman–Crippen MR) is 105 cm³/mol. The summed E-state index contributed by atoms with van der Waals surface area (Å²) in [7, 11) is 0.